The van der Waals surface area contributed by atoms with Crippen molar-refractivity contribution in [1.29, 1.82) is 0 Å². The number of hydrogen-bond donors (Lipinski definition) is 2. The molecule has 31 heavy (non-hydrogen) atoms. The average molecular weight is 451 g/mol. The molecule has 0 spiro atoms. The number of fused-ring (bicyclic) bond motifs is 1. The first-order chi connectivity index (χ1) is 15.1. The van der Waals surface area contributed by atoms with Gasteiger partial charge in [-0.2, -0.15) is 0 Å². The van der Waals surface area contributed by atoms with Gasteiger partial charge in [0.05, 0.1) is 17.3 Å². The standard InChI is InChI=1S/C20H21ClF2N6O2/c21-12-7-14-15(10-26-17(14)24-8-12)18-27-11-16(23)19(28-18)25-9-13-3-1-2-5-29(13)20(30)31-6-4-22/h7-8,10-11,13H,1-6,9H2,(H,24,26)(H,25,27,28)/t13-/m1/s1. The van der Waals surface area contributed by atoms with Gasteiger partial charge in [0.1, 0.15) is 18.9 Å². The maximum Gasteiger partial charge on any atom is 0.410 e. The van der Waals surface area contributed by atoms with Gasteiger partial charge in [-0.05, 0) is 25.3 Å². The molecule has 3 aromatic heterocycles. The highest BCUT2D eigenvalue weighted by Gasteiger charge is 2.28. The lowest BCUT2D eigenvalue weighted by molar-refractivity contribution is 0.0716. The summed E-state index contributed by atoms with van der Waals surface area (Å²) < 4.78 is 31.6. The molecule has 0 bridgehead atoms. The molecular formula is C20H21ClF2N6O2. The second kappa shape index (κ2) is 9.42. The molecule has 1 saturated heterocycles. The van der Waals surface area contributed by atoms with Crippen LogP contribution in [-0.2, 0) is 4.74 Å². The fourth-order valence-corrected chi connectivity index (χ4v) is 3.82. The zero-order valence-electron chi connectivity index (χ0n) is 16.6. The second-order valence-corrected chi connectivity index (χ2v) is 7.61. The minimum Gasteiger partial charge on any atom is -0.447 e. The summed E-state index contributed by atoms with van der Waals surface area (Å²) in [6, 6.07) is 1.52. The van der Waals surface area contributed by atoms with Crippen LogP contribution in [0.15, 0.2) is 24.7 Å². The Morgan fingerprint density at radius 1 is 1.35 bits per heavy atom. The molecule has 1 aliphatic heterocycles. The van der Waals surface area contributed by atoms with E-state index in [1.165, 1.54) is 6.20 Å². The third-order valence-electron chi connectivity index (χ3n) is 5.15. The van der Waals surface area contributed by atoms with Gasteiger partial charge < -0.3 is 19.9 Å². The second-order valence-electron chi connectivity index (χ2n) is 7.17. The van der Waals surface area contributed by atoms with Gasteiger partial charge in [0.15, 0.2) is 17.5 Å². The molecular weight excluding hydrogens is 430 g/mol. The number of hydrogen-bond acceptors (Lipinski definition) is 6. The quantitative estimate of drug-likeness (QED) is 0.584. The van der Waals surface area contributed by atoms with Crippen LogP contribution in [-0.4, -0.2) is 63.3 Å². The SMILES string of the molecule is O=C(OCCF)N1CCCC[C@@H]1CNc1nc(-c2c[nH]c3ncc(Cl)cc23)ncc1F. The van der Waals surface area contributed by atoms with E-state index in [9.17, 15) is 13.6 Å². The van der Waals surface area contributed by atoms with Crippen molar-refractivity contribution in [2.75, 3.05) is 31.7 Å². The molecule has 3 aromatic rings. The van der Waals surface area contributed by atoms with E-state index in [1.807, 2.05) is 0 Å². The molecule has 0 aromatic carbocycles. The van der Waals surface area contributed by atoms with E-state index < -0.39 is 18.6 Å². The molecule has 0 aliphatic carbocycles. The number of anilines is 1. The van der Waals surface area contributed by atoms with Gasteiger partial charge in [0.2, 0.25) is 0 Å². The largest absolute Gasteiger partial charge is 0.447 e. The first kappa shape index (κ1) is 21.2. The number of piperidine rings is 1. The van der Waals surface area contributed by atoms with Gasteiger partial charge in [0.25, 0.3) is 0 Å². The maximum absolute atomic E-state index is 14.4. The molecule has 1 aliphatic rings. The highest BCUT2D eigenvalue weighted by atomic mass is 35.5. The lowest BCUT2D eigenvalue weighted by Crippen LogP contribution is -2.47. The number of aromatic nitrogens is 4. The first-order valence-corrected chi connectivity index (χ1v) is 10.3. The summed E-state index contributed by atoms with van der Waals surface area (Å²) in [4.78, 5) is 29.4. The number of halogens is 3. The Morgan fingerprint density at radius 3 is 3.06 bits per heavy atom. The van der Waals surface area contributed by atoms with Crippen molar-refractivity contribution in [3.8, 4) is 11.4 Å². The molecule has 2 N–H and O–H groups in total. The van der Waals surface area contributed by atoms with Crippen molar-refractivity contribution in [2.45, 2.75) is 25.3 Å². The lowest BCUT2D eigenvalue weighted by atomic mass is 10.0. The van der Waals surface area contributed by atoms with E-state index in [0.717, 1.165) is 30.8 Å². The van der Waals surface area contributed by atoms with Crippen LogP contribution < -0.4 is 5.32 Å². The van der Waals surface area contributed by atoms with Crippen molar-refractivity contribution in [2.24, 2.45) is 0 Å². The molecule has 1 amide bonds. The van der Waals surface area contributed by atoms with Gasteiger partial charge in [-0.15, -0.1) is 0 Å². The van der Waals surface area contributed by atoms with Crippen LogP contribution in [0.1, 0.15) is 19.3 Å². The van der Waals surface area contributed by atoms with Crippen molar-refractivity contribution < 1.29 is 18.3 Å². The highest BCUT2D eigenvalue weighted by molar-refractivity contribution is 6.31. The third kappa shape index (κ3) is 4.68. The number of alkyl halides is 1. The molecule has 4 rings (SSSR count). The summed E-state index contributed by atoms with van der Waals surface area (Å²) in [6.07, 6.45) is 6.24. The Morgan fingerprint density at radius 2 is 2.23 bits per heavy atom. The Kier molecular flexibility index (Phi) is 6.45. The van der Waals surface area contributed by atoms with Crippen molar-refractivity contribution in [1.82, 2.24) is 24.8 Å². The number of amides is 1. The van der Waals surface area contributed by atoms with Crippen LogP contribution in [0.2, 0.25) is 5.02 Å². The number of aromatic amines is 1. The van der Waals surface area contributed by atoms with Crippen LogP contribution in [0.3, 0.4) is 0 Å². The van der Waals surface area contributed by atoms with Gasteiger partial charge in [-0.25, -0.2) is 28.5 Å². The van der Waals surface area contributed by atoms with Gasteiger partial charge in [-0.1, -0.05) is 11.6 Å². The summed E-state index contributed by atoms with van der Waals surface area (Å²) in [5, 5.41) is 4.17. The number of H-pyrrole nitrogens is 1. The topological polar surface area (TPSA) is 96.0 Å². The predicted octanol–water partition coefficient (Wildman–Crippen LogP) is 4.18. The molecule has 1 atom stereocenters. The van der Waals surface area contributed by atoms with Gasteiger partial charge in [-0.3, -0.25) is 0 Å². The highest BCUT2D eigenvalue weighted by Crippen LogP contribution is 2.28. The lowest BCUT2D eigenvalue weighted by Gasteiger charge is -2.35. The summed E-state index contributed by atoms with van der Waals surface area (Å²) in [5.74, 6) is -0.277. The fourth-order valence-electron chi connectivity index (χ4n) is 3.66. The van der Waals surface area contributed by atoms with Crippen LogP contribution in [0.5, 0.6) is 0 Å². The number of pyridine rings is 1. The first-order valence-electron chi connectivity index (χ1n) is 9.95. The Labute approximate surface area is 182 Å². The number of carbonyl (C=O) groups excluding carboxylic acids is 1. The van der Waals surface area contributed by atoms with Crippen LogP contribution in [0.4, 0.5) is 19.4 Å². The normalized spacial score (nSPS) is 16.5. The minimum atomic E-state index is -0.730. The van der Waals surface area contributed by atoms with Crippen LogP contribution in [0.25, 0.3) is 22.4 Å². The number of rotatable bonds is 6. The van der Waals surface area contributed by atoms with Gasteiger partial charge in [0, 0.05) is 36.4 Å². The number of likely N-dealkylation sites (tertiary alicyclic amines) is 1. The number of nitrogens with one attached hydrogen (secondary N) is 2. The van der Waals surface area contributed by atoms with E-state index >= 15 is 0 Å². The molecule has 0 saturated carbocycles. The maximum atomic E-state index is 14.4. The predicted molar refractivity (Wildman–Crippen MR) is 112 cm³/mol. The van der Waals surface area contributed by atoms with Crippen LogP contribution >= 0.6 is 11.6 Å². The molecule has 4 heterocycles. The van der Waals surface area contributed by atoms with Crippen molar-refractivity contribution in [3.63, 3.8) is 0 Å². The Balaban J connectivity index is 1.52. The molecule has 0 unspecified atom stereocenters. The number of ether oxygens (including phenoxy) is 1. The average Bonchev–Trinajstić information content (AvgIpc) is 3.20. The molecule has 8 nitrogen and oxygen atoms in total. The minimum absolute atomic E-state index is 0.0250. The summed E-state index contributed by atoms with van der Waals surface area (Å²) in [7, 11) is 0. The summed E-state index contributed by atoms with van der Waals surface area (Å²) >= 11 is 6.05. The monoisotopic (exact) mass is 450 g/mol. The number of carbonyl (C=O) groups is 1. The number of nitrogens with zero attached hydrogens (tertiary/aromatic N) is 4. The van der Waals surface area contributed by atoms with E-state index in [1.54, 1.807) is 17.2 Å². The molecule has 0 radical (unpaired) electrons. The van der Waals surface area contributed by atoms with E-state index in [4.69, 9.17) is 16.3 Å². The zero-order valence-corrected chi connectivity index (χ0v) is 17.3. The summed E-state index contributed by atoms with van der Waals surface area (Å²) in [5.41, 5.74) is 1.26. The fraction of sp³-hybridized carbons (Fsp3) is 0.400. The zero-order chi connectivity index (χ0) is 21.8. The molecule has 11 heteroatoms. The van der Waals surface area contributed by atoms with Crippen molar-refractivity contribution >= 4 is 34.5 Å². The van der Waals surface area contributed by atoms with E-state index in [-0.39, 0.29) is 25.0 Å². The van der Waals surface area contributed by atoms with Crippen LogP contribution in [0, 0.1) is 5.82 Å². The van der Waals surface area contributed by atoms with E-state index in [2.05, 4.69) is 25.3 Å². The third-order valence-corrected chi connectivity index (χ3v) is 5.36. The molecule has 1 fully saturated rings. The smallest absolute Gasteiger partial charge is 0.410 e. The Hall–Kier alpha value is -3.01. The Bertz CT molecular complexity index is 1080. The van der Waals surface area contributed by atoms with Gasteiger partial charge >= 0.3 is 6.09 Å². The summed E-state index contributed by atoms with van der Waals surface area (Å²) in [6.45, 7) is -0.216. The van der Waals surface area contributed by atoms with Crippen molar-refractivity contribution in [3.05, 3.63) is 35.5 Å². The van der Waals surface area contributed by atoms with E-state index in [0.29, 0.717) is 28.6 Å². The molecule has 164 valence electrons.